The van der Waals surface area contributed by atoms with Gasteiger partial charge in [-0.15, -0.1) is 0 Å². The van der Waals surface area contributed by atoms with E-state index in [1.807, 2.05) is 0 Å². The fourth-order valence-electron chi connectivity index (χ4n) is 4.86. The molecule has 1 aliphatic carbocycles. The number of ether oxygens (including phenoxy) is 1. The van der Waals surface area contributed by atoms with Crippen LogP contribution in [0.15, 0.2) is 47.4 Å². The lowest BCUT2D eigenvalue weighted by Gasteiger charge is -2.34. The largest absolute Gasteiger partial charge is 0.497 e. The minimum Gasteiger partial charge on any atom is -0.497 e. The Hall–Kier alpha value is -3.75. The molecule has 1 aliphatic heterocycles. The van der Waals surface area contributed by atoms with Crippen molar-refractivity contribution < 1.29 is 14.3 Å². The summed E-state index contributed by atoms with van der Waals surface area (Å²) in [5, 5.41) is 0. The number of aromatic nitrogens is 3. The van der Waals surface area contributed by atoms with Gasteiger partial charge < -0.3 is 14.5 Å². The Labute approximate surface area is 197 Å². The van der Waals surface area contributed by atoms with Crippen LogP contribution in [0.5, 0.6) is 5.75 Å². The van der Waals surface area contributed by atoms with Crippen LogP contribution >= 0.6 is 0 Å². The van der Waals surface area contributed by atoms with Gasteiger partial charge >= 0.3 is 0 Å². The van der Waals surface area contributed by atoms with Crippen molar-refractivity contribution >= 4 is 23.0 Å². The van der Waals surface area contributed by atoms with Gasteiger partial charge in [0, 0.05) is 44.0 Å². The number of carbonyl (C=O) groups is 2. The molecular weight excluding hydrogens is 434 g/mol. The highest BCUT2D eigenvalue weighted by molar-refractivity contribution is 5.95. The zero-order valence-electron chi connectivity index (χ0n) is 19.1. The van der Waals surface area contributed by atoms with Crippen molar-refractivity contribution in [2.75, 3.05) is 33.3 Å². The van der Waals surface area contributed by atoms with E-state index < -0.39 is 0 Å². The quantitative estimate of drug-likeness (QED) is 0.592. The van der Waals surface area contributed by atoms with Crippen LogP contribution in [0.4, 0.5) is 0 Å². The normalized spacial score (nSPS) is 16.7. The number of carbonyl (C=O) groups excluding carboxylic acids is 2. The van der Waals surface area contributed by atoms with Crippen molar-refractivity contribution in [3.8, 4) is 5.75 Å². The van der Waals surface area contributed by atoms with Gasteiger partial charge in [-0.1, -0.05) is 12.8 Å². The molecule has 2 amide bonds. The summed E-state index contributed by atoms with van der Waals surface area (Å²) in [4.78, 5) is 51.8. The third-order valence-corrected chi connectivity index (χ3v) is 6.73. The second-order valence-electron chi connectivity index (χ2n) is 8.73. The number of amides is 2. The van der Waals surface area contributed by atoms with Crippen LogP contribution in [-0.4, -0.2) is 69.4 Å². The van der Waals surface area contributed by atoms with Gasteiger partial charge in [-0.05, 0) is 49.2 Å². The maximum atomic E-state index is 13.4. The summed E-state index contributed by atoms with van der Waals surface area (Å²) in [5.41, 5.74) is 1.21. The molecule has 3 aromatic rings. The molecule has 1 aromatic carbocycles. The standard InChI is InChI=1S/C25H27N5O4/c1-34-19-10-8-17(9-11-19)23(31)28-13-15-29(16-14-28)24(32)21-25(33)30(18-5-2-3-6-18)22-20(27-21)7-4-12-26-22/h4,7-12,18H,2-3,5-6,13-16H2,1H3. The smallest absolute Gasteiger partial charge is 0.284 e. The lowest BCUT2D eigenvalue weighted by atomic mass is 10.1. The number of fused-ring (bicyclic) bond motifs is 1. The molecule has 0 spiro atoms. The zero-order valence-corrected chi connectivity index (χ0v) is 19.1. The molecule has 0 bridgehead atoms. The monoisotopic (exact) mass is 461 g/mol. The van der Waals surface area contributed by atoms with Crippen LogP contribution in [0, 0.1) is 0 Å². The van der Waals surface area contributed by atoms with Gasteiger partial charge in [0.2, 0.25) is 0 Å². The van der Waals surface area contributed by atoms with Gasteiger partial charge in [0.15, 0.2) is 11.3 Å². The maximum absolute atomic E-state index is 13.4. The molecule has 1 saturated carbocycles. The molecule has 34 heavy (non-hydrogen) atoms. The number of pyridine rings is 1. The molecule has 0 radical (unpaired) electrons. The first-order chi connectivity index (χ1) is 16.6. The fourth-order valence-corrected chi connectivity index (χ4v) is 4.86. The fraction of sp³-hybridized carbons (Fsp3) is 0.400. The number of hydrogen-bond acceptors (Lipinski definition) is 6. The van der Waals surface area contributed by atoms with Gasteiger partial charge in [-0.3, -0.25) is 19.0 Å². The van der Waals surface area contributed by atoms with Gasteiger partial charge in [-0.2, -0.15) is 0 Å². The van der Waals surface area contributed by atoms with Gasteiger partial charge in [0.05, 0.1) is 7.11 Å². The number of rotatable bonds is 4. The van der Waals surface area contributed by atoms with E-state index in [-0.39, 0.29) is 29.1 Å². The van der Waals surface area contributed by atoms with Crippen LogP contribution in [0.1, 0.15) is 52.6 Å². The van der Waals surface area contributed by atoms with Gasteiger partial charge in [-0.25, -0.2) is 9.97 Å². The van der Waals surface area contributed by atoms with Crippen LogP contribution in [-0.2, 0) is 0 Å². The summed E-state index contributed by atoms with van der Waals surface area (Å²) in [7, 11) is 1.58. The van der Waals surface area contributed by atoms with Crippen molar-refractivity contribution in [3.05, 3.63) is 64.2 Å². The van der Waals surface area contributed by atoms with E-state index in [4.69, 9.17) is 4.74 Å². The molecule has 2 aromatic heterocycles. The Morgan fingerprint density at radius 3 is 2.24 bits per heavy atom. The Balaban J connectivity index is 1.35. The molecule has 0 atom stereocenters. The lowest BCUT2D eigenvalue weighted by molar-refractivity contribution is 0.0531. The first-order valence-electron chi connectivity index (χ1n) is 11.7. The predicted octanol–water partition coefficient (Wildman–Crippen LogP) is 2.51. The third-order valence-electron chi connectivity index (χ3n) is 6.73. The van der Waals surface area contributed by atoms with Crippen molar-refractivity contribution in [1.29, 1.82) is 0 Å². The summed E-state index contributed by atoms with van der Waals surface area (Å²) in [6.07, 6.45) is 5.56. The maximum Gasteiger partial charge on any atom is 0.284 e. The van der Waals surface area contributed by atoms with Crippen molar-refractivity contribution in [2.24, 2.45) is 0 Å². The van der Waals surface area contributed by atoms with E-state index >= 15 is 0 Å². The molecule has 5 rings (SSSR count). The van der Waals surface area contributed by atoms with Gasteiger partial charge in [0.1, 0.15) is 11.3 Å². The van der Waals surface area contributed by atoms with E-state index in [9.17, 15) is 14.4 Å². The number of benzene rings is 1. The zero-order chi connectivity index (χ0) is 23.7. The van der Waals surface area contributed by atoms with Crippen LogP contribution < -0.4 is 10.3 Å². The predicted molar refractivity (Wildman–Crippen MR) is 126 cm³/mol. The first-order valence-corrected chi connectivity index (χ1v) is 11.7. The molecule has 0 N–H and O–H groups in total. The van der Waals surface area contributed by atoms with Crippen molar-refractivity contribution in [3.63, 3.8) is 0 Å². The highest BCUT2D eigenvalue weighted by Crippen LogP contribution is 2.30. The van der Waals surface area contributed by atoms with Gasteiger partial charge in [0.25, 0.3) is 17.4 Å². The third kappa shape index (κ3) is 4.02. The number of methoxy groups -OCH3 is 1. The van der Waals surface area contributed by atoms with E-state index in [1.54, 1.807) is 64.1 Å². The average molecular weight is 462 g/mol. The second kappa shape index (κ2) is 9.24. The lowest BCUT2D eigenvalue weighted by Crippen LogP contribution is -2.51. The molecule has 2 fully saturated rings. The summed E-state index contributed by atoms with van der Waals surface area (Å²) in [5.74, 6) is 0.209. The Morgan fingerprint density at radius 2 is 1.59 bits per heavy atom. The van der Waals surface area contributed by atoms with Crippen molar-refractivity contribution in [2.45, 2.75) is 31.7 Å². The minimum absolute atomic E-state index is 0.0402. The highest BCUT2D eigenvalue weighted by atomic mass is 16.5. The van der Waals surface area contributed by atoms with Crippen LogP contribution in [0.25, 0.3) is 11.2 Å². The Kier molecular flexibility index (Phi) is 6.00. The summed E-state index contributed by atoms with van der Waals surface area (Å²) >= 11 is 0. The summed E-state index contributed by atoms with van der Waals surface area (Å²) in [6, 6.07) is 10.6. The molecule has 9 heteroatoms. The number of piperazine rings is 1. The Morgan fingerprint density at radius 1 is 0.941 bits per heavy atom. The number of nitrogens with zero attached hydrogens (tertiary/aromatic N) is 5. The van der Waals surface area contributed by atoms with Crippen molar-refractivity contribution in [1.82, 2.24) is 24.3 Å². The van der Waals surface area contributed by atoms with E-state index in [1.165, 1.54) is 0 Å². The second-order valence-corrected chi connectivity index (χ2v) is 8.73. The highest BCUT2D eigenvalue weighted by Gasteiger charge is 2.30. The number of hydrogen-bond donors (Lipinski definition) is 0. The molecule has 0 unspecified atom stereocenters. The molecule has 9 nitrogen and oxygen atoms in total. The molecule has 1 saturated heterocycles. The summed E-state index contributed by atoms with van der Waals surface area (Å²) < 4.78 is 6.82. The van der Waals surface area contributed by atoms with Crippen LogP contribution in [0.3, 0.4) is 0 Å². The van der Waals surface area contributed by atoms with Crippen LogP contribution in [0.2, 0.25) is 0 Å². The molecule has 176 valence electrons. The van der Waals surface area contributed by atoms with E-state index in [0.717, 1.165) is 25.7 Å². The summed E-state index contributed by atoms with van der Waals surface area (Å²) in [6.45, 7) is 1.47. The molecule has 3 heterocycles. The van der Waals surface area contributed by atoms with E-state index in [2.05, 4.69) is 9.97 Å². The molecule has 2 aliphatic rings. The first kappa shape index (κ1) is 22.1. The topological polar surface area (TPSA) is 97.6 Å². The average Bonchev–Trinajstić information content (AvgIpc) is 3.42. The van der Waals surface area contributed by atoms with E-state index in [0.29, 0.717) is 48.7 Å². The minimum atomic E-state index is -0.390. The SMILES string of the molecule is COc1ccc(C(=O)N2CCN(C(=O)c3nc4cccnc4n(C4CCCC4)c3=O)CC2)cc1. The Bertz CT molecular complexity index is 1270. The molecular formula is C25H27N5O4.